The van der Waals surface area contributed by atoms with Crippen LogP contribution in [-0.4, -0.2) is 17.6 Å². The zero-order valence-electron chi connectivity index (χ0n) is 11.8. The monoisotopic (exact) mass is 282 g/mol. The fraction of sp³-hybridized carbons (Fsp3) is 0.294. The van der Waals surface area contributed by atoms with Crippen molar-refractivity contribution in [3.8, 4) is 0 Å². The van der Waals surface area contributed by atoms with Gasteiger partial charge in [0.1, 0.15) is 5.69 Å². The first-order valence-electron chi connectivity index (χ1n) is 7.20. The van der Waals surface area contributed by atoms with Gasteiger partial charge < -0.3 is 10.5 Å². The second-order valence-electron chi connectivity index (χ2n) is 5.36. The van der Waals surface area contributed by atoms with Crippen LogP contribution >= 0.6 is 0 Å². The first kappa shape index (κ1) is 13.6. The molecule has 2 N–H and O–H groups in total. The Morgan fingerprint density at radius 1 is 1.29 bits per heavy atom. The number of benzene rings is 1. The standard InChI is InChI=1S/C17H18N2O2/c18-14-8-9-16(19-10-14)17(20)21-11-13-6-3-5-12-4-1-2-7-15(12)13/h1-2,4,7-10,13H,3,5-6,11,18H2. The summed E-state index contributed by atoms with van der Waals surface area (Å²) in [6.45, 7) is 0.405. The normalized spacial score (nSPS) is 17.0. The number of nitrogens with two attached hydrogens (primary N) is 1. The number of carbonyl (C=O) groups is 1. The number of pyridine rings is 1. The maximum Gasteiger partial charge on any atom is 0.356 e. The van der Waals surface area contributed by atoms with Crippen LogP contribution in [-0.2, 0) is 11.2 Å². The number of fused-ring (bicyclic) bond motifs is 1. The summed E-state index contributed by atoms with van der Waals surface area (Å²) >= 11 is 0. The SMILES string of the molecule is Nc1ccc(C(=O)OCC2CCCc3ccccc32)nc1. The van der Waals surface area contributed by atoms with Gasteiger partial charge in [-0.15, -0.1) is 0 Å². The summed E-state index contributed by atoms with van der Waals surface area (Å²) in [6, 6.07) is 11.6. The van der Waals surface area contributed by atoms with E-state index in [4.69, 9.17) is 10.5 Å². The molecule has 0 radical (unpaired) electrons. The van der Waals surface area contributed by atoms with Crippen molar-refractivity contribution in [3.63, 3.8) is 0 Å². The average molecular weight is 282 g/mol. The number of esters is 1. The van der Waals surface area contributed by atoms with Crippen LogP contribution in [0.2, 0.25) is 0 Å². The number of ether oxygens (including phenoxy) is 1. The first-order valence-corrected chi connectivity index (χ1v) is 7.20. The van der Waals surface area contributed by atoms with E-state index in [9.17, 15) is 4.79 Å². The molecule has 0 bridgehead atoms. The molecule has 2 aromatic rings. The highest BCUT2D eigenvalue weighted by atomic mass is 16.5. The maximum atomic E-state index is 12.0. The van der Waals surface area contributed by atoms with Gasteiger partial charge in [-0.25, -0.2) is 9.78 Å². The summed E-state index contributed by atoms with van der Waals surface area (Å²) < 4.78 is 5.42. The second kappa shape index (κ2) is 5.95. The quantitative estimate of drug-likeness (QED) is 0.879. The van der Waals surface area contributed by atoms with Crippen molar-refractivity contribution in [1.29, 1.82) is 0 Å². The molecule has 4 nitrogen and oxygen atoms in total. The Morgan fingerprint density at radius 2 is 2.14 bits per heavy atom. The highest BCUT2D eigenvalue weighted by molar-refractivity contribution is 5.87. The van der Waals surface area contributed by atoms with Crippen molar-refractivity contribution in [2.45, 2.75) is 25.2 Å². The largest absolute Gasteiger partial charge is 0.460 e. The Bertz CT molecular complexity index is 637. The van der Waals surface area contributed by atoms with Gasteiger partial charge in [-0.1, -0.05) is 24.3 Å². The molecule has 0 fully saturated rings. The number of carbonyl (C=O) groups excluding carboxylic acids is 1. The smallest absolute Gasteiger partial charge is 0.356 e. The third kappa shape index (κ3) is 3.05. The lowest BCUT2D eigenvalue weighted by atomic mass is 9.83. The fourth-order valence-electron chi connectivity index (χ4n) is 2.80. The molecular weight excluding hydrogens is 264 g/mol. The average Bonchev–Trinajstić information content (AvgIpc) is 2.53. The van der Waals surface area contributed by atoms with Gasteiger partial charge in [0.15, 0.2) is 0 Å². The summed E-state index contributed by atoms with van der Waals surface area (Å²) in [7, 11) is 0. The van der Waals surface area contributed by atoms with E-state index in [1.165, 1.54) is 17.3 Å². The zero-order chi connectivity index (χ0) is 14.7. The van der Waals surface area contributed by atoms with Crippen molar-refractivity contribution in [2.24, 2.45) is 0 Å². The molecule has 108 valence electrons. The molecule has 0 spiro atoms. The number of hydrogen-bond acceptors (Lipinski definition) is 4. The Labute approximate surface area is 124 Å². The molecule has 1 aliphatic carbocycles. The van der Waals surface area contributed by atoms with Gasteiger partial charge in [-0.3, -0.25) is 0 Å². The van der Waals surface area contributed by atoms with Crippen LogP contribution in [0.5, 0.6) is 0 Å². The topological polar surface area (TPSA) is 65.2 Å². The van der Waals surface area contributed by atoms with Crippen molar-refractivity contribution >= 4 is 11.7 Å². The van der Waals surface area contributed by atoms with Crippen molar-refractivity contribution < 1.29 is 9.53 Å². The first-order chi connectivity index (χ1) is 10.2. The van der Waals surface area contributed by atoms with E-state index in [0.717, 1.165) is 19.3 Å². The molecule has 0 amide bonds. The molecule has 4 heteroatoms. The summed E-state index contributed by atoms with van der Waals surface area (Å²) in [5.74, 6) is -0.106. The molecule has 0 aliphatic heterocycles. The fourth-order valence-corrected chi connectivity index (χ4v) is 2.80. The highest BCUT2D eigenvalue weighted by Crippen LogP contribution is 2.31. The maximum absolute atomic E-state index is 12.0. The van der Waals surface area contributed by atoms with E-state index in [1.54, 1.807) is 12.1 Å². The number of aromatic nitrogens is 1. The van der Waals surface area contributed by atoms with Crippen molar-refractivity contribution in [1.82, 2.24) is 4.98 Å². The van der Waals surface area contributed by atoms with Crippen LogP contribution in [0.3, 0.4) is 0 Å². The van der Waals surface area contributed by atoms with E-state index < -0.39 is 5.97 Å². The van der Waals surface area contributed by atoms with Gasteiger partial charge in [0.2, 0.25) is 0 Å². The number of aryl methyl sites for hydroxylation is 1. The van der Waals surface area contributed by atoms with Crippen LogP contribution in [0.25, 0.3) is 0 Å². The molecule has 1 unspecified atom stereocenters. The van der Waals surface area contributed by atoms with Gasteiger partial charge in [-0.2, -0.15) is 0 Å². The lowest BCUT2D eigenvalue weighted by Crippen LogP contribution is -2.18. The summed E-state index contributed by atoms with van der Waals surface area (Å²) in [4.78, 5) is 16.0. The number of rotatable bonds is 3. The van der Waals surface area contributed by atoms with E-state index in [-0.39, 0.29) is 5.92 Å². The highest BCUT2D eigenvalue weighted by Gasteiger charge is 2.21. The van der Waals surface area contributed by atoms with E-state index >= 15 is 0 Å². The van der Waals surface area contributed by atoms with Crippen molar-refractivity contribution in [2.75, 3.05) is 12.3 Å². The summed E-state index contributed by atoms with van der Waals surface area (Å²) in [6.07, 6.45) is 4.77. The number of anilines is 1. The van der Waals surface area contributed by atoms with E-state index in [1.807, 2.05) is 6.07 Å². The van der Waals surface area contributed by atoms with Crippen molar-refractivity contribution in [3.05, 3.63) is 59.4 Å². The molecule has 0 saturated carbocycles. The summed E-state index contributed by atoms with van der Waals surface area (Å²) in [5.41, 5.74) is 9.07. The number of hydrogen-bond donors (Lipinski definition) is 1. The minimum Gasteiger partial charge on any atom is -0.460 e. The third-order valence-electron chi connectivity index (χ3n) is 3.90. The van der Waals surface area contributed by atoms with Gasteiger partial charge in [0.05, 0.1) is 18.5 Å². The van der Waals surface area contributed by atoms with E-state index in [0.29, 0.717) is 18.0 Å². The molecule has 0 saturated heterocycles. The molecule has 1 aromatic carbocycles. The predicted molar refractivity (Wildman–Crippen MR) is 81.1 cm³/mol. The Hall–Kier alpha value is -2.36. The molecular formula is C17H18N2O2. The Morgan fingerprint density at radius 3 is 2.95 bits per heavy atom. The second-order valence-corrected chi connectivity index (χ2v) is 5.36. The van der Waals surface area contributed by atoms with Gasteiger partial charge >= 0.3 is 5.97 Å². The van der Waals surface area contributed by atoms with Gasteiger partial charge in [0, 0.05) is 5.92 Å². The lowest BCUT2D eigenvalue weighted by Gasteiger charge is -2.25. The van der Waals surface area contributed by atoms with Crippen LogP contribution in [0.15, 0.2) is 42.6 Å². The van der Waals surface area contributed by atoms with Crippen LogP contribution in [0.1, 0.15) is 40.4 Å². The molecule has 21 heavy (non-hydrogen) atoms. The van der Waals surface area contributed by atoms with Crippen LogP contribution in [0, 0.1) is 0 Å². The predicted octanol–water partition coefficient (Wildman–Crippen LogP) is 2.94. The van der Waals surface area contributed by atoms with Gasteiger partial charge in [-0.05, 0) is 42.5 Å². The number of nitrogen functional groups attached to an aromatic ring is 1. The molecule has 3 rings (SSSR count). The Kier molecular flexibility index (Phi) is 3.86. The minimum absolute atomic E-state index is 0.285. The molecule has 1 aliphatic rings. The lowest BCUT2D eigenvalue weighted by molar-refractivity contribution is 0.0465. The number of nitrogens with zero attached hydrogens (tertiary/aromatic N) is 1. The Balaban J connectivity index is 1.66. The molecule has 1 atom stereocenters. The van der Waals surface area contributed by atoms with Gasteiger partial charge in [0.25, 0.3) is 0 Å². The van der Waals surface area contributed by atoms with Crippen LogP contribution < -0.4 is 5.73 Å². The van der Waals surface area contributed by atoms with Crippen LogP contribution in [0.4, 0.5) is 5.69 Å². The minimum atomic E-state index is -0.391. The van der Waals surface area contributed by atoms with E-state index in [2.05, 4.69) is 23.2 Å². The molecule has 1 heterocycles. The third-order valence-corrected chi connectivity index (χ3v) is 3.90. The summed E-state index contributed by atoms with van der Waals surface area (Å²) in [5, 5.41) is 0. The zero-order valence-corrected chi connectivity index (χ0v) is 11.8. The molecule has 1 aromatic heterocycles.